The highest BCUT2D eigenvalue weighted by Crippen LogP contribution is 2.34. The van der Waals surface area contributed by atoms with Crippen molar-refractivity contribution in [1.82, 2.24) is 5.32 Å². The van der Waals surface area contributed by atoms with Gasteiger partial charge in [0.25, 0.3) is 0 Å². The summed E-state index contributed by atoms with van der Waals surface area (Å²) >= 11 is 6.15. The van der Waals surface area contributed by atoms with Gasteiger partial charge in [0.05, 0.1) is 0 Å². The molecule has 106 valence electrons. The molecule has 3 heteroatoms. The highest BCUT2D eigenvalue weighted by Gasteiger charge is 2.26. The van der Waals surface area contributed by atoms with Crippen LogP contribution in [0.25, 0.3) is 0 Å². The summed E-state index contributed by atoms with van der Waals surface area (Å²) in [6.45, 7) is 4.04. The summed E-state index contributed by atoms with van der Waals surface area (Å²) < 4.78 is 13.9. The smallest absolute Gasteiger partial charge is 0.127 e. The molecular weight excluding hydrogens is 261 g/mol. The summed E-state index contributed by atoms with van der Waals surface area (Å²) in [6.07, 6.45) is 5.95. The van der Waals surface area contributed by atoms with Crippen LogP contribution in [0.2, 0.25) is 5.02 Å². The highest BCUT2D eigenvalue weighted by atomic mass is 35.5. The molecule has 1 aromatic carbocycles. The van der Waals surface area contributed by atoms with E-state index in [1.54, 1.807) is 12.1 Å². The van der Waals surface area contributed by atoms with Crippen LogP contribution in [0.5, 0.6) is 0 Å². The SMILES string of the molecule is CCNCC(Cc1c(F)cccc1Cl)C1CCCC1. The monoisotopic (exact) mass is 283 g/mol. The molecule has 0 radical (unpaired) electrons. The molecule has 1 unspecified atom stereocenters. The molecule has 1 aliphatic rings. The lowest BCUT2D eigenvalue weighted by Crippen LogP contribution is -2.29. The second kappa shape index (κ2) is 7.25. The van der Waals surface area contributed by atoms with Gasteiger partial charge in [0.15, 0.2) is 0 Å². The Kier molecular flexibility index (Phi) is 5.65. The van der Waals surface area contributed by atoms with Crippen molar-refractivity contribution in [3.8, 4) is 0 Å². The largest absolute Gasteiger partial charge is 0.317 e. The van der Waals surface area contributed by atoms with E-state index in [0.29, 0.717) is 16.5 Å². The summed E-state index contributed by atoms with van der Waals surface area (Å²) in [5.74, 6) is 1.05. The van der Waals surface area contributed by atoms with E-state index in [-0.39, 0.29) is 5.82 Å². The van der Waals surface area contributed by atoms with Crippen LogP contribution in [-0.4, -0.2) is 13.1 Å². The van der Waals surface area contributed by atoms with E-state index in [1.807, 2.05) is 0 Å². The lowest BCUT2D eigenvalue weighted by atomic mass is 9.85. The average Bonchev–Trinajstić information content (AvgIpc) is 2.91. The third-order valence-corrected chi connectivity index (χ3v) is 4.61. The van der Waals surface area contributed by atoms with Crippen molar-refractivity contribution in [3.63, 3.8) is 0 Å². The van der Waals surface area contributed by atoms with Crippen LogP contribution in [0.1, 0.15) is 38.2 Å². The molecule has 1 atom stereocenters. The van der Waals surface area contributed by atoms with E-state index in [4.69, 9.17) is 11.6 Å². The van der Waals surface area contributed by atoms with Gasteiger partial charge in [-0.25, -0.2) is 4.39 Å². The van der Waals surface area contributed by atoms with Gasteiger partial charge in [0.2, 0.25) is 0 Å². The minimum absolute atomic E-state index is 0.160. The average molecular weight is 284 g/mol. The topological polar surface area (TPSA) is 12.0 Å². The Morgan fingerprint density at radius 1 is 1.37 bits per heavy atom. The van der Waals surface area contributed by atoms with Gasteiger partial charge in [-0.05, 0) is 43.5 Å². The molecule has 0 spiro atoms. The minimum atomic E-state index is -0.160. The number of nitrogens with one attached hydrogen (secondary N) is 1. The maximum absolute atomic E-state index is 13.9. The zero-order valence-electron chi connectivity index (χ0n) is 11.6. The van der Waals surface area contributed by atoms with Gasteiger partial charge in [0.1, 0.15) is 5.82 Å². The van der Waals surface area contributed by atoms with Crippen molar-refractivity contribution < 1.29 is 4.39 Å². The van der Waals surface area contributed by atoms with Crippen LogP contribution in [0, 0.1) is 17.7 Å². The van der Waals surface area contributed by atoms with E-state index >= 15 is 0 Å². The molecule has 0 heterocycles. The maximum atomic E-state index is 13.9. The van der Waals surface area contributed by atoms with Crippen LogP contribution in [0.4, 0.5) is 4.39 Å². The van der Waals surface area contributed by atoms with Gasteiger partial charge in [-0.1, -0.05) is 50.3 Å². The van der Waals surface area contributed by atoms with Gasteiger partial charge in [-0.2, -0.15) is 0 Å². The molecular formula is C16H23ClFN. The normalized spacial score (nSPS) is 17.8. The molecule has 0 aromatic heterocycles. The molecule has 0 bridgehead atoms. The molecule has 1 nitrogen and oxygen atoms in total. The summed E-state index contributed by atoms with van der Waals surface area (Å²) in [4.78, 5) is 0. The molecule has 2 rings (SSSR count). The van der Waals surface area contributed by atoms with Gasteiger partial charge < -0.3 is 5.32 Å². The number of halogens is 2. The first-order chi connectivity index (χ1) is 9.22. The van der Waals surface area contributed by atoms with E-state index < -0.39 is 0 Å². The number of benzene rings is 1. The Labute approximate surface area is 120 Å². The first kappa shape index (κ1) is 14.8. The van der Waals surface area contributed by atoms with Gasteiger partial charge >= 0.3 is 0 Å². The highest BCUT2D eigenvalue weighted by molar-refractivity contribution is 6.31. The molecule has 0 aliphatic heterocycles. The molecule has 1 fully saturated rings. The molecule has 19 heavy (non-hydrogen) atoms. The molecule has 1 saturated carbocycles. The zero-order valence-corrected chi connectivity index (χ0v) is 12.3. The minimum Gasteiger partial charge on any atom is -0.317 e. The quantitative estimate of drug-likeness (QED) is 0.814. The van der Waals surface area contributed by atoms with E-state index in [2.05, 4.69) is 12.2 Å². The summed E-state index contributed by atoms with van der Waals surface area (Å²) in [6, 6.07) is 4.98. The van der Waals surface area contributed by atoms with Gasteiger partial charge in [-0.15, -0.1) is 0 Å². The second-order valence-electron chi connectivity index (χ2n) is 5.52. The maximum Gasteiger partial charge on any atom is 0.127 e. The first-order valence-corrected chi connectivity index (χ1v) is 7.73. The fraction of sp³-hybridized carbons (Fsp3) is 0.625. The Hall–Kier alpha value is -0.600. The van der Waals surface area contributed by atoms with Crippen LogP contribution in [0.3, 0.4) is 0 Å². The molecule has 0 amide bonds. The third kappa shape index (κ3) is 3.93. The molecule has 0 saturated heterocycles. The van der Waals surface area contributed by atoms with Crippen LogP contribution >= 0.6 is 11.6 Å². The van der Waals surface area contributed by atoms with Crippen molar-refractivity contribution in [2.75, 3.05) is 13.1 Å². The van der Waals surface area contributed by atoms with Crippen LogP contribution < -0.4 is 5.32 Å². The fourth-order valence-electron chi connectivity index (χ4n) is 3.15. The zero-order chi connectivity index (χ0) is 13.7. The summed E-state index contributed by atoms with van der Waals surface area (Å²) in [7, 11) is 0. The third-order valence-electron chi connectivity index (χ3n) is 4.25. The predicted molar refractivity (Wildman–Crippen MR) is 79.1 cm³/mol. The van der Waals surface area contributed by atoms with Crippen LogP contribution in [0.15, 0.2) is 18.2 Å². The lowest BCUT2D eigenvalue weighted by molar-refractivity contribution is 0.320. The van der Waals surface area contributed by atoms with E-state index in [9.17, 15) is 4.39 Å². The fourth-order valence-corrected chi connectivity index (χ4v) is 3.39. The molecule has 1 aliphatic carbocycles. The van der Waals surface area contributed by atoms with Crippen LogP contribution in [-0.2, 0) is 6.42 Å². The summed E-state index contributed by atoms with van der Waals surface area (Å²) in [5.41, 5.74) is 0.693. The standard InChI is InChI=1S/C16H23ClFN/c1-2-19-11-13(12-6-3-4-7-12)10-14-15(17)8-5-9-16(14)18/h5,8-9,12-13,19H,2-4,6-7,10-11H2,1H3. The first-order valence-electron chi connectivity index (χ1n) is 7.36. The summed E-state index contributed by atoms with van der Waals surface area (Å²) in [5, 5.41) is 3.99. The Bertz CT molecular complexity index is 381. The predicted octanol–water partition coefficient (Wildman–Crippen LogP) is 4.44. The second-order valence-corrected chi connectivity index (χ2v) is 5.92. The Morgan fingerprint density at radius 3 is 2.74 bits per heavy atom. The number of hydrogen-bond donors (Lipinski definition) is 1. The number of hydrogen-bond acceptors (Lipinski definition) is 1. The van der Waals surface area contributed by atoms with Gasteiger partial charge in [-0.3, -0.25) is 0 Å². The lowest BCUT2D eigenvalue weighted by Gasteiger charge is -2.24. The van der Waals surface area contributed by atoms with Crippen molar-refractivity contribution in [1.29, 1.82) is 0 Å². The Morgan fingerprint density at radius 2 is 2.11 bits per heavy atom. The molecule has 1 N–H and O–H groups in total. The van der Waals surface area contributed by atoms with E-state index in [0.717, 1.165) is 25.4 Å². The van der Waals surface area contributed by atoms with Crippen molar-refractivity contribution >= 4 is 11.6 Å². The van der Waals surface area contributed by atoms with Crippen molar-refractivity contribution in [2.45, 2.75) is 39.0 Å². The Balaban J connectivity index is 2.10. The van der Waals surface area contributed by atoms with Crippen molar-refractivity contribution in [3.05, 3.63) is 34.6 Å². The van der Waals surface area contributed by atoms with Crippen molar-refractivity contribution in [2.24, 2.45) is 11.8 Å². The molecule has 1 aromatic rings. The number of rotatable bonds is 6. The van der Waals surface area contributed by atoms with Gasteiger partial charge in [0, 0.05) is 10.6 Å². The van der Waals surface area contributed by atoms with E-state index in [1.165, 1.54) is 31.7 Å².